The highest BCUT2D eigenvalue weighted by atomic mass is 16.5. The summed E-state index contributed by atoms with van der Waals surface area (Å²) in [5.74, 6) is 0.533. The first-order valence-electron chi connectivity index (χ1n) is 6.54. The largest absolute Gasteiger partial charge is 0.374 e. The maximum Gasteiger partial charge on any atom is 0.223 e. The van der Waals surface area contributed by atoms with E-state index in [4.69, 9.17) is 4.74 Å². The zero-order valence-corrected chi connectivity index (χ0v) is 10.6. The standard InChI is InChI=1S/C12H23N3O2/c1-15-6-7-17-11(9-15)8-13-4-5-14-12(16)10-2-3-10/h10-11,13H,2-9H2,1H3,(H,14,16). The van der Waals surface area contributed by atoms with E-state index in [1.54, 1.807) is 0 Å². The predicted octanol–water partition coefficient (Wildman–Crippen LogP) is -0.567. The molecule has 0 aromatic carbocycles. The van der Waals surface area contributed by atoms with E-state index in [2.05, 4.69) is 22.6 Å². The minimum absolute atomic E-state index is 0.223. The van der Waals surface area contributed by atoms with Crippen molar-refractivity contribution in [2.24, 2.45) is 5.92 Å². The Balaban J connectivity index is 1.46. The number of rotatable bonds is 6. The van der Waals surface area contributed by atoms with Gasteiger partial charge in [0, 0.05) is 38.6 Å². The Morgan fingerprint density at radius 1 is 1.41 bits per heavy atom. The summed E-state index contributed by atoms with van der Waals surface area (Å²) in [7, 11) is 2.12. The number of ether oxygens (including phenoxy) is 1. The molecule has 1 amide bonds. The van der Waals surface area contributed by atoms with Gasteiger partial charge in [0.15, 0.2) is 0 Å². The quantitative estimate of drug-likeness (QED) is 0.612. The van der Waals surface area contributed by atoms with Crippen LogP contribution < -0.4 is 10.6 Å². The lowest BCUT2D eigenvalue weighted by Gasteiger charge is -2.30. The predicted molar refractivity (Wildman–Crippen MR) is 65.8 cm³/mol. The molecule has 5 nitrogen and oxygen atoms in total. The Morgan fingerprint density at radius 3 is 2.94 bits per heavy atom. The van der Waals surface area contributed by atoms with Gasteiger partial charge in [0.05, 0.1) is 12.7 Å². The van der Waals surface area contributed by atoms with Crippen LogP contribution >= 0.6 is 0 Å². The summed E-state index contributed by atoms with van der Waals surface area (Å²) in [6.45, 7) is 5.24. The number of hydrogen-bond acceptors (Lipinski definition) is 4. The molecule has 0 aromatic heterocycles. The number of carbonyl (C=O) groups is 1. The number of morpholine rings is 1. The van der Waals surface area contributed by atoms with Gasteiger partial charge < -0.3 is 20.3 Å². The summed E-state index contributed by atoms with van der Waals surface area (Å²) in [5, 5.41) is 6.26. The topological polar surface area (TPSA) is 53.6 Å². The van der Waals surface area contributed by atoms with Gasteiger partial charge in [0.2, 0.25) is 5.91 Å². The van der Waals surface area contributed by atoms with Crippen molar-refractivity contribution in [1.29, 1.82) is 0 Å². The summed E-state index contributed by atoms with van der Waals surface area (Å²) in [6.07, 6.45) is 2.43. The SMILES string of the molecule is CN1CCOC(CNCCNC(=O)C2CC2)C1. The van der Waals surface area contributed by atoms with E-state index >= 15 is 0 Å². The molecule has 2 N–H and O–H groups in total. The molecule has 0 bridgehead atoms. The Morgan fingerprint density at radius 2 is 2.24 bits per heavy atom. The highest BCUT2D eigenvalue weighted by molar-refractivity contribution is 5.80. The fourth-order valence-corrected chi connectivity index (χ4v) is 2.02. The van der Waals surface area contributed by atoms with E-state index in [1.165, 1.54) is 0 Å². The Labute approximate surface area is 103 Å². The van der Waals surface area contributed by atoms with Gasteiger partial charge in [-0.15, -0.1) is 0 Å². The zero-order chi connectivity index (χ0) is 12.1. The van der Waals surface area contributed by atoms with E-state index in [1.807, 2.05) is 0 Å². The van der Waals surface area contributed by atoms with Gasteiger partial charge in [-0.1, -0.05) is 0 Å². The first-order chi connectivity index (χ1) is 8.25. The minimum atomic E-state index is 0.223. The number of likely N-dealkylation sites (N-methyl/N-ethyl adjacent to an activating group) is 1. The Bertz CT molecular complexity index is 256. The minimum Gasteiger partial charge on any atom is -0.374 e. The molecule has 17 heavy (non-hydrogen) atoms. The zero-order valence-electron chi connectivity index (χ0n) is 10.6. The number of hydrogen-bond donors (Lipinski definition) is 2. The molecule has 2 rings (SSSR count). The second-order valence-electron chi connectivity index (χ2n) is 5.02. The van der Waals surface area contributed by atoms with E-state index < -0.39 is 0 Å². The first kappa shape index (κ1) is 12.8. The third kappa shape index (κ3) is 4.61. The van der Waals surface area contributed by atoms with Crippen LogP contribution in [0.25, 0.3) is 0 Å². The molecule has 0 aromatic rings. The highest BCUT2D eigenvalue weighted by Gasteiger charge is 2.28. The highest BCUT2D eigenvalue weighted by Crippen LogP contribution is 2.28. The number of nitrogens with one attached hydrogen (secondary N) is 2. The molecule has 98 valence electrons. The maximum absolute atomic E-state index is 11.3. The van der Waals surface area contributed by atoms with Crippen molar-refractivity contribution in [2.45, 2.75) is 18.9 Å². The van der Waals surface area contributed by atoms with Gasteiger partial charge in [-0.3, -0.25) is 4.79 Å². The van der Waals surface area contributed by atoms with Gasteiger partial charge >= 0.3 is 0 Å². The molecule has 1 heterocycles. The van der Waals surface area contributed by atoms with Gasteiger partial charge in [0.1, 0.15) is 0 Å². The van der Waals surface area contributed by atoms with Crippen molar-refractivity contribution in [2.75, 3.05) is 46.4 Å². The lowest BCUT2D eigenvalue weighted by molar-refractivity contribution is -0.122. The molecule has 1 saturated carbocycles. The smallest absolute Gasteiger partial charge is 0.223 e. The van der Waals surface area contributed by atoms with Crippen LogP contribution in [0.4, 0.5) is 0 Å². The average Bonchev–Trinajstić information content (AvgIpc) is 3.12. The summed E-state index contributed by atoms with van der Waals surface area (Å²) in [5.41, 5.74) is 0. The van der Waals surface area contributed by atoms with Crippen molar-refractivity contribution < 1.29 is 9.53 Å². The van der Waals surface area contributed by atoms with Crippen molar-refractivity contribution in [3.63, 3.8) is 0 Å². The second-order valence-corrected chi connectivity index (χ2v) is 5.02. The van der Waals surface area contributed by atoms with Crippen LogP contribution in [-0.4, -0.2) is 63.3 Å². The molecular weight excluding hydrogens is 218 g/mol. The van der Waals surface area contributed by atoms with Crippen molar-refractivity contribution >= 4 is 5.91 Å². The van der Waals surface area contributed by atoms with Gasteiger partial charge in [0.25, 0.3) is 0 Å². The van der Waals surface area contributed by atoms with Crippen LogP contribution in [0, 0.1) is 5.92 Å². The van der Waals surface area contributed by atoms with Crippen molar-refractivity contribution in [1.82, 2.24) is 15.5 Å². The van der Waals surface area contributed by atoms with Crippen molar-refractivity contribution in [3.05, 3.63) is 0 Å². The third-order valence-corrected chi connectivity index (χ3v) is 3.26. The molecule has 1 atom stereocenters. The van der Waals surface area contributed by atoms with Crippen LogP contribution in [-0.2, 0) is 9.53 Å². The van der Waals surface area contributed by atoms with Gasteiger partial charge in [-0.05, 0) is 19.9 Å². The van der Waals surface area contributed by atoms with E-state index in [-0.39, 0.29) is 12.0 Å². The van der Waals surface area contributed by atoms with Gasteiger partial charge in [-0.25, -0.2) is 0 Å². The summed E-state index contributed by atoms with van der Waals surface area (Å²) in [6, 6.07) is 0. The Kier molecular flexibility index (Phi) is 4.76. The van der Waals surface area contributed by atoms with E-state index in [9.17, 15) is 4.79 Å². The summed E-state index contributed by atoms with van der Waals surface area (Å²) < 4.78 is 5.63. The molecule has 5 heteroatoms. The van der Waals surface area contributed by atoms with E-state index in [0.29, 0.717) is 5.92 Å². The van der Waals surface area contributed by atoms with Crippen LogP contribution in [0.1, 0.15) is 12.8 Å². The Hall–Kier alpha value is -0.650. The summed E-state index contributed by atoms with van der Waals surface area (Å²) in [4.78, 5) is 13.6. The lowest BCUT2D eigenvalue weighted by atomic mass is 10.3. The molecule has 2 aliphatic rings. The normalized spacial score (nSPS) is 25.8. The third-order valence-electron chi connectivity index (χ3n) is 3.26. The number of amides is 1. The van der Waals surface area contributed by atoms with Crippen LogP contribution in [0.5, 0.6) is 0 Å². The molecule has 1 aliphatic heterocycles. The number of carbonyl (C=O) groups excluding carboxylic acids is 1. The van der Waals surface area contributed by atoms with Crippen molar-refractivity contribution in [3.8, 4) is 0 Å². The second kappa shape index (κ2) is 6.33. The molecule has 1 saturated heterocycles. The van der Waals surface area contributed by atoms with Gasteiger partial charge in [-0.2, -0.15) is 0 Å². The molecule has 0 radical (unpaired) electrons. The monoisotopic (exact) mass is 241 g/mol. The fourth-order valence-electron chi connectivity index (χ4n) is 2.02. The first-order valence-corrected chi connectivity index (χ1v) is 6.54. The summed E-state index contributed by atoms with van der Waals surface area (Å²) >= 11 is 0. The van der Waals surface area contributed by atoms with Crippen LogP contribution in [0.2, 0.25) is 0 Å². The van der Waals surface area contributed by atoms with E-state index in [0.717, 1.165) is 52.2 Å². The number of nitrogens with zero attached hydrogens (tertiary/aromatic N) is 1. The fraction of sp³-hybridized carbons (Fsp3) is 0.917. The molecule has 1 unspecified atom stereocenters. The lowest BCUT2D eigenvalue weighted by Crippen LogP contribution is -2.45. The van der Waals surface area contributed by atoms with Crippen LogP contribution in [0.3, 0.4) is 0 Å². The van der Waals surface area contributed by atoms with Crippen LogP contribution in [0.15, 0.2) is 0 Å². The molecule has 0 spiro atoms. The molecule has 2 fully saturated rings. The average molecular weight is 241 g/mol. The molecular formula is C12H23N3O2. The maximum atomic E-state index is 11.3. The molecule has 1 aliphatic carbocycles.